The molecule has 0 aromatic heterocycles. The number of carbonyl (C=O) groups is 2. The van der Waals surface area contributed by atoms with E-state index in [9.17, 15) is 9.59 Å². The molecule has 6 heteroatoms. The predicted molar refractivity (Wildman–Crippen MR) is 99.2 cm³/mol. The summed E-state index contributed by atoms with van der Waals surface area (Å²) in [6, 6.07) is 12.9. The van der Waals surface area contributed by atoms with E-state index in [2.05, 4.69) is 10.6 Å². The Kier molecular flexibility index (Phi) is 4.55. The molecule has 134 valence electrons. The molecular weight excluding hydrogens is 352 g/mol. The fraction of sp³-hybridized carbons (Fsp3) is 0.300. The minimum atomic E-state index is -0.541. The summed E-state index contributed by atoms with van der Waals surface area (Å²) in [6.45, 7) is 0.378. The van der Waals surface area contributed by atoms with Gasteiger partial charge in [-0.1, -0.05) is 23.7 Å². The number of rotatable bonds is 5. The molecule has 2 aromatic rings. The largest absolute Gasteiger partial charge is 0.480 e. The van der Waals surface area contributed by atoms with Crippen LogP contribution < -0.4 is 15.4 Å². The first-order valence-corrected chi connectivity index (χ1v) is 9.09. The second-order valence-corrected chi connectivity index (χ2v) is 7.18. The third kappa shape index (κ3) is 3.83. The Morgan fingerprint density at radius 2 is 1.96 bits per heavy atom. The van der Waals surface area contributed by atoms with Crippen molar-refractivity contribution >= 4 is 29.1 Å². The van der Waals surface area contributed by atoms with Gasteiger partial charge in [-0.2, -0.15) is 0 Å². The van der Waals surface area contributed by atoms with Gasteiger partial charge in [-0.05, 0) is 54.3 Å². The molecule has 5 nitrogen and oxygen atoms in total. The van der Waals surface area contributed by atoms with Crippen LogP contribution in [0.5, 0.6) is 5.75 Å². The standard InChI is InChI=1S/C20H19ClN2O3/c21-15-6-7-17-14(9-15)10-18(26-17)20(25)22-11-12-2-1-3-16(8-12)23-19(24)13-4-5-13/h1-3,6-9,13,18H,4-5,10-11H2,(H,22,25)(H,23,24)/t18-/m1/s1. The molecule has 0 unspecified atom stereocenters. The number of anilines is 1. The van der Waals surface area contributed by atoms with Crippen molar-refractivity contribution in [3.05, 3.63) is 58.6 Å². The smallest absolute Gasteiger partial charge is 0.261 e. The van der Waals surface area contributed by atoms with E-state index in [0.29, 0.717) is 23.7 Å². The molecule has 1 atom stereocenters. The summed E-state index contributed by atoms with van der Waals surface area (Å²) in [5.41, 5.74) is 2.63. The molecule has 0 spiro atoms. The lowest BCUT2D eigenvalue weighted by atomic mass is 10.1. The number of amides is 2. The van der Waals surface area contributed by atoms with Gasteiger partial charge in [0.1, 0.15) is 5.75 Å². The van der Waals surface area contributed by atoms with E-state index >= 15 is 0 Å². The molecule has 1 saturated carbocycles. The minimum absolute atomic E-state index is 0.0713. The zero-order chi connectivity index (χ0) is 18.1. The number of ether oxygens (including phenoxy) is 1. The van der Waals surface area contributed by atoms with Crippen LogP contribution in [0.4, 0.5) is 5.69 Å². The minimum Gasteiger partial charge on any atom is -0.480 e. The van der Waals surface area contributed by atoms with E-state index in [1.165, 1.54) is 0 Å². The Bertz CT molecular complexity index is 864. The van der Waals surface area contributed by atoms with E-state index in [1.807, 2.05) is 30.3 Å². The van der Waals surface area contributed by atoms with Crippen LogP contribution in [-0.2, 0) is 22.6 Å². The van der Waals surface area contributed by atoms with Crippen molar-refractivity contribution in [1.82, 2.24) is 5.32 Å². The lowest BCUT2D eigenvalue weighted by Gasteiger charge is -2.12. The molecule has 2 N–H and O–H groups in total. The Labute approximate surface area is 156 Å². The van der Waals surface area contributed by atoms with Gasteiger partial charge in [0.25, 0.3) is 5.91 Å². The van der Waals surface area contributed by atoms with E-state index in [4.69, 9.17) is 16.3 Å². The average molecular weight is 371 g/mol. The normalized spacial score (nSPS) is 18.0. The second kappa shape index (κ2) is 7.00. The van der Waals surface area contributed by atoms with Gasteiger partial charge in [-0.15, -0.1) is 0 Å². The molecule has 1 aliphatic carbocycles. The highest BCUT2D eigenvalue weighted by molar-refractivity contribution is 6.30. The van der Waals surface area contributed by atoms with Crippen LogP contribution >= 0.6 is 11.6 Å². The highest BCUT2D eigenvalue weighted by Crippen LogP contribution is 2.31. The summed E-state index contributed by atoms with van der Waals surface area (Å²) in [7, 11) is 0. The lowest BCUT2D eigenvalue weighted by Crippen LogP contribution is -2.37. The highest BCUT2D eigenvalue weighted by atomic mass is 35.5. The zero-order valence-corrected chi connectivity index (χ0v) is 14.9. The van der Waals surface area contributed by atoms with Gasteiger partial charge in [0.05, 0.1) is 0 Å². The second-order valence-electron chi connectivity index (χ2n) is 6.74. The molecule has 26 heavy (non-hydrogen) atoms. The topological polar surface area (TPSA) is 67.4 Å². The maximum absolute atomic E-state index is 12.4. The van der Waals surface area contributed by atoms with E-state index in [0.717, 1.165) is 29.7 Å². The molecule has 0 bridgehead atoms. The molecule has 0 radical (unpaired) electrons. The van der Waals surface area contributed by atoms with E-state index < -0.39 is 6.10 Å². The number of nitrogens with one attached hydrogen (secondary N) is 2. The van der Waals surface area contributed by atoms with Crippen LogP contribution in [0.15, 0.2) is 42.5 Å². The number of benzene rings is 2. The summed E-state index contributed by atoms with van der Waals surface area (Å²) in [5.74, 6) is 0.777. The fourth-order valence-corrected chi connectivity index (χ4v) is 3.21. The Balaban J connectivity index is 1.33. The summed E-state index contributed by atoms with van der Waals surface area (Å²) in [5, 5.41) is 6.45. The monoisotopic (exact) mass is 370 g/mol. The Hall–Kier alpha value is -2.53. The van der Waals surface area contributed by atoms with Crippen molar-refractivity contribution in [2.45, 2.75) is 31.9 Å². The number of halogens is 1. The molecule has 1 aliphatic heterocycles. The van der Waals surface area contributed by atoms with Gasteiger partial charge in [0.2, 0.25) is 5.91 Å². The van der Waals surface area contributed by atoms with Crippen molar-refractivity contribution < 1.29 is 14.3 Å². The molecule has 1 heterocycles. The Morgan fingerprint density at radius 1 is 1.12 bits per heavy atom. The van der Waals surface area contributed by atoms with Crippen LogP contribution in [0, 0.1) is 5.92 Å². The predicted octanol–water partition coefficient (Wildman–Crippen LogP) is 3.31. The molecule has 4 rings (SSSR count). The van der Waals surface area contributed by atoms with Gasteiger partial charge < -0.3 is 15.4 Å². The van der Waals surface area contributed by atoms with Crippen molar-refractivity contribution in [2.24, 2.45) is 5.92 Å². The first-order chi connectivity index (χ1) is 12.6. The van der Waals surface area contributed by atoms with Crippen molar-refractivity contribution in [1.29, 1.82) is 0 Å². The summed E-state index contributed by atoms with van der Waals surface area (Å²) >= 11 is 5.98. The van der Waals surface area contributed by atoms with Crippen molar-refractivity contribution in [3.63, 3.8) is 0 Å². The summed E-state index contributed by atoms with van der Waals surface area (Å²) in [6.07, 6.45) is 1.91. The SMILES string of the molecule is O=C(Nc1cccc(CNC(=O)[C@H]2Cc3cc(Cl)ccc3O2)c1)C1CC1. The van der Waals surface area contributed by atoms with Crippen molar-refractivity contribution in [3.8, 4) is 5.75 Å². The Morgan fingerprint density at radius 3 is 2.77 bits per heavy atom. The molecule has 1 fully saturated rings. The van der Waals surface area contributed by atoms with Gasteiger partial charge in [-0.25, -0.2) is 0 Å². The van der Waals surface area contributed by atoms with Crippen LogP contribution in [0.3, 0.4) is 0 Å². The molecule has 0 saturated heterocycles. The van der Waals surface area contributed by atoms with E-state index in [-0.39, 0.29) is 17.7 Å². The van der Waals surface area contributed by atoms with Gasteiger partial charge >= 0.3 is 0 Å². The molecule has 2 amide bonds. The van der Waals surface area contributed by atoms with Crippen LogP contribution in [0.1, 0.15) is 24.0 Å². The van der Waals surface area contributed by atoms with Gasteiger partial charge in [-0.3, -0.25) is 9.59 Å². The maximum Gasteiger partial charge on any atom is 0.261 e. The zero-order valence-electron chi connectivity index (χ0n) is 14.1. The third-order valence-electron chi connectivity index (χ3n) is 4.60. The molecular formula is C20H19ClN2O3. The lowest BCUT2D eigenvalue weighted by molar-refractivity contribution is -0.127. The van der Waals surface area contributed by atoms with Gasteiger partial charge in [0, 0.05) is 29.6 Å². The van der Waals surface area contributed by atoms with Gasteiger partial charge in [0.15, 0.2) is 6.10 Å². The number of fused-ring (bicyclic) bond motifs is 1. The fourth-order valence-electron chi connectivity index (χ4n) is 3.02. The number of hydrogen-bond donors (Lipinski definition) is 2. The third-order valence-corrected chi connectivity index (χ3v) is 4.83. The number of carbonyl (C=O) groups excluding carboxylic acids is 2. The van der Waals surface area contributed by atoms with Crippen LogP contribution in [0.25, 0.3) is 0 Å². The summed E-state index contributed by atoms with van der Waals surface area (Å²) < 4.78 is 5.69. The van der Waals surface area contributed by atoms with Crippen molar-refractivity contribution in [2.75, 3.05) is 5.32 Å². The van der Waals surface area contributed by atoms with Crippen LogP contribution in [0.2, 0.25) is 5.02 Å². The molecule has 2 aromatic carbocycles. The number of hydrogen-bond acceptors (Lipinski definition) is 3. The highest BCUT2D eigenvalue weighted by Gasteiger charge is 2.30. The van der Waals surface area contributed by atoms with Crippen LogP contribution in [-0.4, -0.2) is 17.9 Å². The first-order valence-electron chi connectivity index (χ1n) is 8.71. The average Bonchev–Trinajstić information content (AvgIpc) is 3.40. The maximum atomic E-state index is 12.4. The quantitative estimate of drug-likeness (QED) is 0.848. The summed E-state index contributed by atoms with van der Waals surface area (Å²) in [4.78, 5) is 24.2. The van der Waals surface area contributed by atoms with E-state index in [1.54, 1.807) is 12.1 Å². The molecule has 2 aliphatic rings. The first kappa shape index (κ1) is 16.9.